The van der Waals surface area contributed by atoms with E-state index in [2.05, 4.69) is 34.6 Å². The summed E-state index contributed by atoms with van der Waals surface area (Å²) >= 11 is 1.80. The lowest BCUT2D eigenvalue weighted by molar-refractivity contribution is 0.480. The van der Waals surface area contributed by atoms with Gasteiger partial charge in [0, 0.05) is 16.3 Å². The maximum atomic E-state index is 9.93. The topological polar surface area (TPSA) is 33.1 Å². The highest BCUT2D eigenvalue weighted by Crippen LogP contribution is 2.29. The molecule has 2 aromatic carbocycles. The fourth-order valence-electron chi connectivity index (χ4n) is 2.93. The summed E-state index contributed by atoms with van der Waals surface area (Å²) in [5.41, 5.74) is 3.32. The number of nitrogens with zero attached hydrogens (tertiary/aromatic N) is 1. The lowest BCUT2D eigenvalue weighted by Gasteiger charge is -2.07. The van der Waals surface area contributed by atoms with Crippen molar-refractivity contribution in [2.45, 2.75) is 12.8 Å². The van der Waals surface area contributed by atoms with Gasteiger partial charge in [0.2, 0.25) is 0 Å². The molecule has 0 saturated heterocycles. The van der Waals surface area contributed by atoms with Crippen LogP contribution in [0.25, 0.3) is 21.0 Å². The first-order chi connectivity index (χ1) is 10.8. The molecule has 0 radical (unpaired) electrons. The SMILES string of the molecule is Oc1ccc(CCc2csc3ccccc23)c2cccnc12. The Morgan fingerprint density at radius 3 is 2.64 bits per heavy atom. The molecule has 22 heavy (non-hydrogen) atoms. The van der Waals surface area contributed by atoms with Gasteiger partial charge in [-0.2, -0.15) is 0 Å². The molecule has 0 atom stereocenters. The van der Waals surface area contributed by atoms with Crippen LogP contribution in [0.3, 0.4) is 0 Å². The molecule has 0 bridgehead atoms. The van der Waals surface area contributed by atoms with Gasteiger partial charge >= 0.3 is 0 Å². The van der Waals surface area contributed by atoms with Gasteiger partial charge in [0.1, 0.15) is 11.3 Å². The molecule has 0 amide bonds. The summed E-state index contributed by atoms with van der Waals surface area (Å²) in [4.78, 5) is 4.29. The second kappa shape index (κ2) is 5.43. The van der Waals surface area contributed by atoms with E-state index in [0.717, 1.165) is 18.2 Å². The highest BCUT2D eigenvalue weighted by Gasteiger charge is 2.08. The number of benzene rings is 2. The van der Waals surface area contributed by atoms with Gasteiger partial charge in [0.15, 0.2) is 0 Å². The summed E-state index contributed by atoms with van der Waals surface area (Å²) in [6, 6.07) is 16.2. The van der Waals surface area contributed by atoms with Gasteiger partial charge < -0.3 is 5.11 Å². The van der Waals surface area contributed by atoms with Crippen molar-refractivity contribution in [3.05, 3.63) is 71.2 Å². The van der Waals surface area contributed by atoms with Crippen LogP contribution in [-0.2, 0) is 12.8 Å². The van der Waals surface area contributed by atoms with Crippen molar-refractivity contribution in [3.8, 4) is 5.75 Å². The Morgan fingerprint density at radius 2 is 1.68 bits per heavy atom. The van der Waals surface area contributed by atoms with Crippen LogP contribution >= 0.6 is 11.3 Å². The number of pyridine rings is 1. The summed E-state index contributed by atoms with van der Waals surface area (Å²) in [6.07, 6.45) is 3.67. The first-order valence-electron chi connectivity index (χ1n) is 7.33. The predicted octanol–water partition coefficient (Wildman–Crippen LogP) is 4.94. The fraction of sp³-hybridized carbons (Fsp3) is 0.105. The van der Waals surface area contributed by atoms with Crippen LogP contribution in [0.5, 0.6) is 5.75 Å². The molecule has 0 aliphatic rings. The third-order valence-corrected chi connectivity index (χ3v) is 5.08. The Labute approximate surface area is 132 Å². The molecule has 0 spiro atoms. The third kappa shape index (κ3) is 2.24. The Balaban J connectivity index is 1.69. The van der Waals surface area contributed by atoms with E-state index in [1.165, 1.54) is 21.2 Å². The largest absolute Gasteiger partial charge is 0.506 e. The first kappa shape index (κ1) is 13.3. The summed E-state index contributed by atoms with van der Waals surface area (Å²) in [7, 11) is 0. The standard InChI is InChI=1S/C19H15NOS/c21-17-10-9-13(16-5-3-11-20-19(16)17)7-8-14-12-22-18-6-2-1-4-15(14)18/h1-6,9-12,21H,7-8H2. The molecule has 2 heterocycles. The predicted molar refractivity (Wildman–Crippen MR) is 92.6 cm³/mol. The maximum absolute atomic E-state index is 9.93. The third-order valence-electron chi connectivity index (χ3n) is 4.06. The normalized spacial score (nSPS) is 11.3. The Morgan fingerprint density at radius 1 is 0.864 bits per heavy atom. The van der Waals surface area contributed by atoms with Crippen LogP contribution in [-0.4, -0.2) is 10.1 Å². The zero-order valence-electron chi connectivity index (χ0n) is 12.0. The summed E-state index contributed by atoms with van der Waals surface area (Å²) in [5, 5.41) is 14.6. The fourth-order valence-corrected chi connectivity index (χ4v) is 3.93. The number of fused-ring (bicyclic) bond motifs is 2. The Kier molecular flexibility index (Phi) is 3.28. The summed E-state index contributed by atoms with van der Waals surface area (Å²) in [5.74, 6) is 0.250. The van der Waals surface area contributed by atoms with Crippen LogP contribution in [0, 0.1) is 0 Å². The quantitative estimate of drug-likeness (QED) is 0.581. The number of rotatable bonds is 3. The minimum absolute atomic E-state index is 0.250. The molecule has 108 valence electrons. The van der Waals surface area contributed by atoms with E-state index in [4.69, 9.17) is 0 Å². The van der Waals surface area contributed by atoms with Gasteiger partial charge in [-0.3, -0.25) is 4.98 Å². The van der Waals surface area contributed by atoms with Gasteiger partial charge in [-0.15, -0.1) is 11.3 Å². The summed E-state index contributed by atoms with van der Waals surface area (Å²) in [6.45, 7) is 0. The molecule has 0 fully saturated rings. The van der Waals surface area contributed by atoms with Crippen LogP contribution in [0.2, 0.25) is 0 Å². The minimum Gasteiger partial charge on any atom is -0.506 e. The number of hydrogen-bond acceptors (Lipinski definition) is 3. The molecule has 0 saturated carbocycles. The number of aromatic nitrogens is 1. The highest BCUT2D eigenvalue weighted by molar-refractivity contribution is 7.17. The van der Waals surface area contributed by atoms with E-state index < -0.39 is 0 Å². The van der Waals surface area contributed by atoms with Crippen molar-refractivity contribution in [2.75, 3.05) is 0 Å². The minimum atomic E-state index is 0.250. The van der Waals surface area contributed by atoms with Crippen LogP contribution < -0.4 is 0 Å². The van der Waals surface area contributed by atoms with E-state index in [1.54, 1.807) is 23.6 Å². The molecule has 3 heteroatoms. The van der Waals surface area contributed by atoms with Crippen molar-refractivity contribution < 1.29 is 5.11 Å². The zero-order chi connectivity index (χ0) is 14.9. The van der Waals surface area contributed by atoms with Crippen LogP contribution in [0.4, 0.5) is 0 Å². The lowest BCUT2D eigenvalue weighted by Crippen LogP contribution is -1.93. The number of thiophene rings is 1. The van der Waals surface area contributed by atoms with Crippen molar-refractivity contribution in [1.82, 2.24) is 4.98 Å². The van der Waals surface area contributed by atoms with E-state index in [1.807, 2.05) is 18.2 Å². The number of hydrogen-bond donors (Lipinski definition) is 1. The van der Waals surface area contributed by atoms with Crippen molar-refractivity contribution in [1.29, 1.82) is 0 Å². The van der Waals surface area contributed by atoms with E-state index in [0.29, 0.717) is 5.52 Å². The van der Waals surface area contributed by atoms with Gasteiger partial charge in [-0.25, -0.2) is 0 Å². The van der Waals surface area contributed by atoms with Gasteiger partial charge in [0.25, 0.3) is 0 Å². The van der Waals surface area contributed by atoms with Gasteiger partial charge in [-0.05, 0) is 52.9 Å². The molecule has 2 aromatic heterocycles. The molecule has 1 N–H and O–H groups in total. The highest BCUT2D eigenvalue weighted by atomic mass is 32.1. The Bertz CT molecular complexity index is 958. The van der Waals surface area contributed by atoms with E-state index >= 15 is 0 Å². The smallest absolute Gasteiger partial charge is 0.141 e. The molecule has 0 unspecified atom stereocenters. The zero-order valence-corrected chi connectivity index (χ0v) is 12.8. The maximum Gasteiger partial charge on any atom is 0.141 e. The molecular formula is C19H15NOS. The molecule has 4 rings (SSSR count). The average molecular weight is 305 g/mol. The number of aryl methyl sites for hydroxylation is 2. The Hall–Kier alpha value is -2.39. The second-order valence-electron chi connectivity index (χ2n) is 5.40. The molecule has 0 aliphatic carbocycles. The van der Waals surface area contributed by atoms with Gasteiger partial charge in [-0.1, -0.05) is 30.3 Å². The number of aromatic hydroxyl groups is 1. The van der Waals surface area contributed by atoms with Crippen molar-refractivity contribution in [3.63, 3.8) is 0 Å². The molecule has 2 nitrogen and oxygen atoms in total. The monoisotopic (exact) mass is 305 g/mol. The van der Waals surface area contributed by atoms with Gasteiger partial charge in [0.05, 0.1) is 0 Å². The number of phenolic OH excluding ortho intramolecular Hbond substituents is 1. The average Bonchev–Trinajstić information content (AvgIpc) is 2.98. The van der Waals surface area contributed by atoms with E-state index in [-0.39, 0.29) is 5.75 Å². The van der Waals surface area contributed by atoms with Crippen molar-refractivity contribution >= 4 is 32.3 Å². The first-order valence-corrected chi connectivity index (χ1v) is 8.21. The van der Waals surface area contributed by atoms with E-state index in [9.17, 15) is 5.11 Å². The summed E-state index contributed by atoms with van der Waals surface area (Å²) < 4.78 is 1.34. The number of phenols is 1. The molecule has 4 aromatic rings. The van der Waals surface area contributed by atoms with Crippen LogP contribution in [0.1, 0.15) is 11.1 Å². The van der Waals surface area contributed by atoms with Crippen LogP contribution in [0.15, 0.2) is 60.1 Å². The second-order valence-corrected chi connectivity index (χ2v) is 6.31. The molecule has 0 aliphatic heterocycles. The van der Waals surface area contributed by atoms with Crippen molar-refractivity contribution in [2.24, 2.45) is 0 Å². The molecular weight excluding hydrogens is 290 g/mol. The lowest BCUT2D eigenvalue weighted by atomic mass is 10.00.